The normalized spacial score (nSPS) is 12.5. The lowest BCUT2D eigenvalue weighted by Gasteiger charge is -2.07. The molecule has 0 aromatic heterocycles. The molecule has 0 heterocycles. The van der Waals surface area contributed by atoms with Crippen LogP contribution < -0.4 is 0 Å². The molecule has 0 amide bonds. The first-order chi connectivity index (χ1) is 6.11. The van der Waals surface area contributed by atoms with Crippen LogP contribution in [0.25, 0.3) is 0 Å². The van der Waals surface area contributed by atoms with Crippen molar-refractivity contribution in [2.75, 3.05) is 6.54 Å². The van der Waals surface area contributed by atoms with Gasteiger partial charge >= 0.3 is 0 Å². The molecule has 1 atom stereocenters. The molecule has 0 radical (unpaired) electrons. The van der Waals surface area contributed by atoms with E-state index in [1.807, 2.05) is 0 Å². The summed E-state index contributed by atoms with van der Waals surface area (Å²) in [5.74, 6) is -0.756. The zero-order valence-electron chi connectivity index (χ0n) is 7.24. The molecule has 0 aliphatic carbocycles. The molecule has 0 N–H and O–H groups in total. The Morgan fingerprint density at radius 3 is 2.69 bits per heavy atom. The van der Waals surface area contributed by atoms with Crippen molar-refractivity contribution in [1.82, 2.24) is 0 Å². The van der Waals surface area contributed by atoms with Crippen molar-refractivity contribution < 1.29 is 9.31 Å². The minimum absolute atomic E-state index is 0.235. The van der Waals surface area contributed by atoms with Crippen LogP contribution in [0, 0.1) is 15.9 Å². The van der Waals surface area contributed by atoms with Crippen molar-refractivity contribution >= 4 is 0 Å². The van der Waals surface area contributed by atoms with Crippen LogP contribution in [0.3, 0.4) is 0 Å². The van der Waals surface area contributed by atoms with E-state index < -0.39 is 4.92 Å². The highest BCUT2D eigenvalue weighted by atomic mass is 19.1. The zero-order valence-corrected chi connectivity index (χ0v) is 7.24. The summed E-state index contributed by atoms with van der Waals surface area (Å²) in [5, 5.41) is 10.2. The van der Waals surface area contributed by atoms with Gasteiger partial charge in [0, 0.05) is 10.8 Å². The van der Waals surface area contributed by atoms with E-state index in [1.165, 1.54) is 6.07 Å². The van der Waals surface area contributed by atoms with E-state index >= 15 is 0 Å². The fourth-order valence-electron chi connectivity index (χ4n) is 1.20. The molecule has 0 bridgehead atoms. The van der Waals surface area contributed by atoms with Crippen molar-refractivity contribution in [1.29, 1.82) is 0 Å². The number of halogens is 1. The quantitative estimate of drug-likeness (QED) is 0.532. The van der Waals surface area contributed by atoms with Crippen molar-refractivity contribution in [3.05, 3.63) is 45.8 Å². The van der Waals surface area contributed by atoms with Gasteiger partial charge in [0.2, 0.25) is 6.54 Å². The smallest absolute Gasteiger partial charge is 0.210 e. The highest BCUT2D eigenvalue weighted by Crippen LogP contribution is 2.18. The number of rotatable bonds is 3. The van der Waals surface area contributed by atoms with Crippen LogP contribution in [0.15, 0.2) is 24.3 Å². The Bertz CT molecular complexity index is 314. The zero-order chi connectivity index (χ0) is 9.84. The van der Waals surface area contributed by atoms with Crippen LogP contribution in [-0.4, -0.2) is 11.5 Å². The second-order valence-electron chi connectivity index (χ2n) is 2.94. The van der Waals surface area contributed by atoms with Gasteiger partial charge in [0.1, 0.15) is 5.82 Å². The third kappa shape index (κ3) is 2.50. The Balaban J connectivity index is 2.82. The SMILES string of the molecule is C[C@@H](C[N+](=O)[O-])c1ccccc1F. The van der Waals surface area contributed by atoms with Gasteiger partial charge in [-0.05, 0) is 11.6 Å². The molecule has 3 nitrogen and oxygen atoms in total. The number of hydrogen-bond acceptors (Lipinski definition) is 2. The molecular formula is C9H10FNO2. The van der Waals surface area contributed by atoms with Gasteiger partial charge in [0.05, 0.1) is 0 Å². The lowest BCUT2D eigenvalue weighted by atomic mass is 10.0. The highest BCUT2D eigenvalue weighted by molar-refractivity contribution is 5.20. The predicted molar refractivity (Wildman–Crippen MR) is 46.7 cm³/mol. The van der Waals surface area contributed by atoms with E-state index in [-0.39, 0.29) is 18.3 Å². The van der Waals surface area contributed by atoms with Crippen LogP contribution >= 0.6 is 0 Å². The molecule has 1 rings (SSSR count). The molecule has 0 unspecified atom stereocenters. The average Bonchev–Trinajstić information content (AvgIpc) is 2.03. The van der Waals surface area contributed by atoms with Gasteiger partial charge in [-0.25, -0.2) is 4.39 Å². The highest BCUT2D eigenvalue weighted by Gasteiger charge is 2.14. The third-order valence-corrected chi connectivity index (χ3v) is 1.86. The fraction of sp³-hybridized carbons (Fsp3) is 0.333. The minimum Gasteiger partial charge on any atom is -0.265 e. The lowest BCUT2D eigenvalue weighted by molar-refractivity contribution is -0.482. The molecule has 1 aromatic carbocycles. The molecule has 0 fully saturated rings. The molecule has 0 saturated heterocycles. The van der Waals surface area contributed by atoms with Crippen LogP contribution in [-0.2, 0) is 0 Å². The number of nitrogens with zero attached hydrogens (tertiary/aromatic N) is 1. The van der Waals surface area contributed by atoms with E-state index in [0.717, 1.165) is 0 Å². The Morgan fingerprint density at radius 1 is 1.54 bits per heavy atom. The molecule has 70 valence electrons. The van der Waals surface area contributed by atoms with E-state index in [4.69, 9.17) is 0 Å². The number of nitro groups is 1. The Morgan fingerprint density at radius 2 is 2.15 bits per heavy atom. The van der Waals surface area contributed by atoms with E-state index in [2.05, 4.69) is 0 Å². The molecule has 0 aliphatic heterocycles. The van der Waals surface area contributed by atoms with Crippen molar-refractivity contribution in [2.24, 2.45) is 0 Å². The fourth-order valence-corrected chi connectivity index (χ4v) is 1.20. The Hall–Kier alpha value is -1.45. The first kappa shape index (κ1) is 9.64. The summed E-state index contributed by atoms with van der Waals surface area (Å²) in [6, 6.07) is 6.13. The minimum atomic E-state index is -0.433. The summed E-state index contributed by atoms with van der Waals surface area (Å²) in [4.78, 5) is 9.74. The number of hydrogen-bond donors (Lipinski definition) is 0. The van der Waals surface area contributed by atoms with Crippen molar-refractivity contribution in [2.45, 2.75) is 12.8 Å². The molecule has 1 aromatic rings. The number of benzene rings is 1. The predicted octanol–water partition coefficient (Wildman–Crippen LogP) is 2.21. The van der Waals surface area contributed by atoms with E-state index in [9.17, 15) is 14.5 Å². The maximum atomic E-state index is 13.1. The monoisotopic (exact) mass is 183 g/mol. The first-order valence-corrected chi connectivity index (χ1v) is 3.97. The molecular weight excluding hydrogens is 173 g/mol. The summed E-state index contributed by atoms with van der Waals surface area (Å²) in [6.07, 6.45) is 0. The van der Waals surface area contributed by atoms with Gasteiger partial charge in [-0.1, -0.05) is 25.1 Å². The second-order valence-corrected chi connectivity index (χ2v) is 2.94. The van der Waals surface area contributed by atoms with Crippen molar-refractivity contribution in [3.63, 3.8) is 0 Å². The van der Waals surface area contributed by atoms with Gasteiger partial charge in [0.25, 0.3) is 0 Å². The van der Waals surface area contributed by atoms with Gasteiger partial charge in [0.15, 0.2) is 0 Å². The summed E-state index contributed by atoms with van der Waals surface area (Å²) in [6.45, 7) is 1.40. The van der Waals surface area contributed by atoms with Gasteiger partial charge in [-0.2, -0.15) is 0 Å². The summed E-state index contributed by atoms with van der Waals surface area (Å²) in [5.41, 5.74) is 0.402. The summed E-state index contributed by atoms with van der Waals surface area (Å²) in [7, 11) is 0. The maximum Gasteiger partial charge on any atom is 0.210 e. The second kappa shape index (κ2) is 3.98. The lowest BCUT2D eigenvalue weighted by Crippen LogP contribution is -2.10. The van der Waals surface area contributed by atoms with Gasteiger partial charge in [-0.3, -0.25) is 10.1 Å². The first-order valence-electron chi connectivity index (χ1n) is 3.97. The molecule has 13 heavy (non-hydrogen) atoms. The topological polar surface area (TPSA) is 43.1 Å². The standard InChI is InChI=1S/C9H10FNO2/c1-7(6-11(12)13)8-4-2-3-5-9(8)10/h2-5,7H,6H2,1H3/t7-/m0/s1. The van der Waals surface area contributed by atoms with E-state index in [0.29, 0.717) is 5.56 Å². The maximum absolute atomic E-state index is 13.1. The van der Waals surface area contributed by atoms with Crippen LogP contribution in [0.4, 0.5) is 4.39 Å². The summed E-state index contributed by atoms with van der Waals surface area (Å²) >= 11 is 0. The Labute approximate surface area is 75.3 Å². The van der Waals surface area contributed by atoms with Crippen LogP contribution in [0.5, 0.6) is 0 Å². The van der Waals surface area contributed by atoms with Crippen LogP contribution in [0.2, 0.25) is 0 Å². The van der Waals surface area contributed by atoms with Crippen molar-refractivity contribution in [3.8, 4) is 0 Å². The largest absolute Gasteiger partial charge is 0.265 e. The Kier molecular flexibility index (Phi) is 2.95. The molecule has 4 heteroatoms. The molecule has 0 saturated carbocycles. The third-order valence-electron chi connectivity index (χ3n) is 1.86. The summed E-state index contributed by atoms with van der Waals surface area (Å²) < 4.78 is 13.1. The average molecular weight is 183 g/mol. The van der Waals surface area contributed by atoms with E-state index in [1.54, 1.807) is 25.1 Å². The molecule has 0 spiro atoms. The van der Waals surface area contributed by atoms with Crippen LogP contribution in [0.1, 0.15) is 18.4 Å². The van der Waals surface area contributed by atoms with Gasteiger partial charge in [-0.15, -0.1) is 0 Å². The molecule has 0 aliphatic rings. The van der Waals surface area contributed by atoms with Gasteiger partial charge < -0.3 is 0 Å².